The van der Waals surface area contributed by atoms with Gasteiger partial charge in [-0.1, -0.05) is 6.92 Å². The summed E-state index contributed by atoms with van der Waals surface area (Å²) in [5.41, 5.74) is -0.319. The monoisotopic (exact) mass is 481 g/mol. The highest BCUT2D eigenvalue weighted by atomic mass is 32.2. The molecule has 1 aliphatic heterocycles. The van der Waals surface area contributed by atoms with Crippen LogP contribution in [-0.4, -0.2) is 54.3 Å². The second-order valence-electron chi connectivity index (χ2n) is 7.76. The number of sulfonamides is 1. The lowest BCUT2D eigenvalue weighted by Gasteiger charge is -2.15. The fraction of sp³-hybridized carbons (Fsp3) is 0.500. The zero-order valence-electron chi connectivity index (χ0n) is 18.6. The summed E-state index contributed by atoms with van der Waals surface area (Å²) in [6.07, 6.45) is 2.32. The molecule has 1 fully saturated rings. The molecule has 12 nitrogen and oxygen atoms in total. The first-order valence-corrected chi connectivity index (χ1v) is 12.0. The Hall–Kier alpha value is -3.03. The van der Waals surface area contributed by atoms with Crippen molar-refractivity contribution in [1.29, 1.82) is 0 Å². The molecule has 3 rings (SSSR count). The van der Waals surface area contributed by atoms with Crippen LogP contribution in [0.1, 0.15) is 43.6 Å². The maximum absolute atomic E-state index is 12.9. The van der Waals surface area contributed by atoms with Gasteiger partial charge in [0.25, 0.3) is 11.6 Å². The summed E-state index contributed by atoms with van der Waals surface area (Å²) >= 11 is 0. The summed E-state index contributed by atoms with van der Waals surface area (Å²) in [7, 11) is -2.59. The quantitative estimate of drug-likeness (QED) is 0.386. The van der Waals surface area contributed by atoms with Crippen molar-refractivity contribution in [3.05, 3.63) is 40.1 Å². The molecule has 180 valence electrons. The Kier molecular flexibility index (Phi) is 7.66. The zero-order chi connectivity index (χ0) is 24.2. The number of amides is 1. The molecular weight excluding hydrogens is 454 g/mol. The van der Waals surface area contributed by atoms with Crippen LogP contribution < -0.4 is 14.8 Å². The standard InChI is InChI=1S/C20H27N5O7S/c1-4-13(2)23-33(29,30)18-10-14(25(27)28)7-8-17(18)32-19-11-16(22-24(19)3)20(26)21-12-15-6-5-9-31-15/h7-8,10-11,13,15,23H,4-6,9,12H2,1-3H3,(H,21,26)/t13-,15-/m0/s1. The van der Waals surface area contributed by atoms with Crippen LogP contribution in [0.25, 0.3) is 0 Å². The smallest absolute Gasteiger partial charge is 0.272 e. The Bertz CT molecular complexity index is 1130. The van der Waals surface area contributed by atoms with E-state index in [4.69, 9.17) is 9.47 Å². The van der Waals surface area contributed by atoms with E-state index >= 15 is 0 Å². The average Bonchev–Trinajstić information content (AvgIpc) is 3.41. The third-order valence-electron chi connectivity index (χ3n) is 5.19. The molecule has 2 aromatic rings. The summed E-state index contributed by atoms with van der Waals surface area (Å²) in [5, 5.41) is 18.1. The van der Waals surface area contributed by atoms with Crippen LogP contribution >= 0.6 is 0 Å². The molecular formula is C20H27N5O7S. The molecule has 0 saturated carbocycles. The molecule has 0 spiro atoms. The molecule has 1 aliphatic rings. The number of carbonyl (C=O) groups excluding carboxylic acids is 1. The van der Waals surface area contributed by atoms with Crippen molar-refractivity contribution < 1.29 is 27.6 Å². The predicted molar refractivity (Wildman–Crippen MR) is 118 cm³/mol. The first-order valence-electron chi connectivity index (χ1n) is 10.5. The van der Waals surface area contributed by atoms with E-state index in [0.29, 0.717) is 19.6 Å². The third kappa shape index (κ3) is 6.06. The molecule has 13 heteroatoms. The van der Waals surface area contributed by atoms with Crippen molar-refractivity contribution in [2.75, 3.05) is 13.2 Å². The summed E-state index contributed by atoms with van der Waals surface area (Å²) in [6.45, 7) is 4.52. The van der Waals surface area contributed by atoms with E-state index in [-0.39, 0.29) is 28.3 Å². The van der Waals surface area contributed by atoms with Crippen LogP contribution in [0.4, 0.5) is 5.69 Å². The van der Waals surface area contributed by atoms with E-state index in [1.54, 1.807) is 13.8 Å². The van der Waals surface area contributed by atoms with Crippen LogP contribution in [-0.2, 0) is 21.8 Å². The second-order valence-corrected chi connectivity index (χ2v) is 9.44. The lowest BCUT2D eigenvalue weighted by atomic mass is 10.2. The van der Waals surface area contributed by atoms with Crippen molar-refractivity contribution in [2.24, 2.45) is 7.05 Å². The minimum atomic E-state index is -4.12. The van der Waals surface area contributed by atoms with Gasteiger partial charge in [-0.2, -0.15) is 5.10 Å². The van der Waals surface area contributed by atoms with Gasteiger partial charge in [0.05, 0.1) is 11.0 Å². The number of nitrogens with zero attached hydrogens (tertiary/aromatic N) is 3. The molecule has 2 atom stereocenters. The Balaban J connectivity index is 1.85. The minimum Gasteiger partial charge on any atom is -0.438 e. The summed E-state index contributed by atoms with van der Waals surface area (Å²) in [4.78, 5) is 22.6. The Labute approximate surface area is 191 Å². The zero-order valence-corrected chi connectivity index (χ0v) is 19.4. The fourth-order valence-electron chi connectivity index (χ4n) is 3.19. The molecule has 2 heterocycles. The third-order valence-corrected chi connectivity index (χ3v) is 6.81. The summed E-state index contributed by atoms with van der Waals surface area (Å²) in [6, 6.07) is 4.26. The van der Waals surface area contributed by atoms with Gasteiger partial charge in [0.2, 0.25) is 15.9 Å². The highest BCUT2D eigenvalue weighted by Crippen LogP contribution is 2.32. The van der Waals surface area contributed by atoms with Crippen molar-refractivity contribution in [2.45, 2.75) is 50.2 Å². The van der Waals surface area contributed by atoms with E-state index in [9.17, 15) is 23.3 Å². The maximum Gasteiger partial charge on any atom is 0.272 e. The lowest BCUT2D eigenvalue weighted by molar-refractivity contribution is -0.385. The van der Waals surface area contributed by atoms with Gasteiger partial charge in [0.1, 0.15) is 10.6 Å². The van der Waals surface area contributed by atoms with Gasteiger partial charge < -0.3 is 14.8 Å². The first kappa shape index (κ1) is 24.6. The number of nitro groups is 1. The Morgan fingerprint density at radius 1 is 1.42 bits per heavy atom. The molecule has 0 unspecified atom stereocenters. The average molecular weight is 482 g/mol. The second kappa shape index (κ2) is 10.3. The van der Waals surface area contributed by atoms with Gasteiger partial charge >= 0.3 is 0 Å². The molecule has 1 saturated heterocycles. The van der Waals surface area contributed by atoms with E-state index in [1.165, 1.54) is 23.9 Å². The van der Waals surface area contributed by atoms with Crippen LogP contribution in [0.2, 0.25) is 0 Å². The van der Waals surface area contributed by atoms with Crippen LogP contribution in [0.5, 0.6) is 11.6 Å². The van der Waals surface area contributed by atoms with Crippen molar-refractivity contribution in [1.82, 2.24) is 19.8 Å². The maximum atomic E-state index is 12.9. The normalized spacial score (nSPS) is 17.0. The highest BCUT2D eigenvalue weighted by molar-refractivity contribution is 7.89. The summed E-state index contributed by atoms with van der Waals surface area (Å²) in [5.74, 6) is -0.470. The largest absolute Gasteiger partial charge is 0.438 e. The summed E-state index contributed by atoms with van der Waals surface area (Å²) < 4.78 is 40.7. The van der Waals surface area contributed by atoms with Crippen LogP contribution in [0.15, 0.2) is 29.2 Å². The Morgan fingerprint density at radius 3 is 2.82 bits per heavy atom. The van der Waals surface area contributed by atoms with E-state index in [1.807, 2.05) is 0 Å². The molecule has 33 heavy (non-hydrogen) atoms. The fourth-order valence-corrected chi connectivity index (χ4v) is 4.66. The van der Waals surface area contributed by atoms with Gasteiger partial charge in [0.15, 0.2) is 5.69 Å². The SMILES string of the molecule is CC[C@H](C)NS(=O)(=O)c1cc([N+](=O)[O-])ccc1Oc1cc(C(=O)NC[C@@H]2CCCO2)nn1C. The molecule has 1 aromatic heterocycles. The molecule has 0 radical (unpaired) electrons. The molecule has 0 bridgehead atoms. The molecule has 1 amide bonds. The number of aryl methyl sites for hydroxylation is 1. The predicted octanol–water partition coefficient (Wildman–Crippen LogP) is 2.11. The molecule has 1 aromatic carbocycles. The number of rotatable bonds is 10. The minimum absolute atomic E-state index is 0.0285. The van der Waals surface area contributed by atoms with Crippen molar-refractivity contribution >= 4 is 21.6 Å². The lowest BCUT2D eigenvalue weighted by Crippen LogP contribution is -2.32. The van der Waals surface area contributed by atoms with Crippen molar-refractivity contribution in [3.8, 4) is 11.6 Å². The van der Waals surface area contributed by atoms with Crippen molar-refractivity contribution in [3.63, 3.8) is 0 Å². The van der Waals surface area contributed by atoms with E-state index < -0.39 is 32.6 Å². The highest BCUT2D eigenvalue weighted by Gasteiger charge is 2.26. The molecule has 0 aliphatic carbocycles. The van der Waals surface area contributed by atoms with Gasteiger partial charge in [-0.05, 0) is 32.3 Å². The molecule has 2 N–H and O–H groups in total. The van der Waals surface area contributed by atoms with E-state index in [2.05, 4.69) is 15.1 Å². The number of carbonyl (C=O) groups is 1. The van der Waals surface area contributed by atoms with Gasteiger partial charge in [-0.15, -0.1) is 0 Å². The Morgan fingerprint density at radius 2 is 2.18 bits per heavy atom. The van der Waals surface area contributed by atoms with Gasteiger partial charge in [-0.25, -0.2) is 17.8 Å². The number of nitrogens with one attached hydrogen (secondary N) is 2. The van der Waals surface area contributed by atoms with Crippen LogP contribution in [0, 0.1) is 10.1 Å². The van der Waals surface area contributed by atoms with E-state index in [0.717, 1.165) is 25.0 Å². The number of nitro benzene ring substituents is 1. The van der Waals surface area contributed by atoms with Gasteiger partial charge in [0, 0.05) is 44.4 Å². The number of benzene rings is 1. The number of hydrogen-bond acceptors (Lipinski definition) is 8. The van der Waals surface area contributed by atoms with Gasteiger partial charge in [-0.3, -0.25) is 14.9 Å². The number of hydrogen-bond donors (Lipinski definition) is 2. The topological polar surface area (TPSA) is 155 Å². The number of non-ortho nitro benzene ring substituents is 1. The number of ether oxygens (including phenoxy) is 2. The van der Waals surface area contributed by atoms with Crippen LogP contribution in [0.3, 0.4) is 0 Å². The number of aromatic nitrogens is 2. The first-order chi connectivity index (χ1) is 15.6.